The van der Waals surface area contributed by atoms with Crippen molar-refractivity contribution < 1.29 is 9.53 Å². The number of nitrogens with two attached hydrogens (primary N) is 1. The molecule has 3 heterocycles. The third-order valence-electron chi connectivity index (χ3n) is 7.88. The summed E-state index contributed by atoms with van der Waals surface area (Å²) in [4.78, 5) is 28.8. The lowest BCUT2D eigenvalue weighted by Crippen LogP contribution is -2.43. The summed E-state index contributed by atoms with van der Waals surface area (Å²) in [5.74, 6) is 1.79. The van der Waals surface area contributed by atoms with Crippen LogP contribution in [-0.4, -0.2) is 68.3 Å². The zero-order valence-electron chi connectivity index (χ0n) is 21.8. The number of nitrogens with one attached hydrogen (secondary N) is 2. The molecule has 1 amide bonds. The van der Waals surface area contributed by atoms with Gasteiger partial charge in [0.1, 0.15) is 0 Å². The Hall–Kier alpha value is -2.62. The summed E-state index contributed by atoms with van der Waals surface area (Å²) in [6.45, 7) is 5.90. The lowest BCUT2D eigenvalue weighted by atomic mass is 9.92. The third-order valence-corrected chi connectivity index (χ3v) is 7.88. The molecule has 10 heteroatoms. The number of anilines is 2. The standard InChI is InChI=1S/C26H42N8O2/c1-17(2)15-36-26(35)33-13-11-20(12-14-33)29-23-22-24(34(16-28-22)21-5-3-4-6-21)32-25(31-23)30-19-9-7-18(27)8-10-19/h16-21H,3-15,27H2,1-2H3,(H2,29,30,31,32). The van der Waals surface area contributed by atoms with Crippen LogP contribution < -0.4 is 16.4 Å². The number of carbonyl (C=O) groups excluding carboxylic acids is 1. The second-order valence-electron chi connectivity index (χ2n) is 11.3. The molecule has 4 N–H and O–H groups in total. The Kier molecular flexibility index (Phi) is 7.79. The van der Waals surface area contributed by atoms with Gasteiger partial charge >= 0.3 is 6.09 Å². The summed E-state index contributed by atoms with van der Waals surface area (Å²) in [6.07, 6.45) is 12.4. The minimum Gasteiger partial charge on any atom is -0.449 e. The van der Waals surface area contributed by atoms with Gasteiger partial charge in [-0.3, -0.25) is 0 Å². The van der Waals surface area contributed by atoms with Crippen LogP contribution in [0.3, 0.4) is 0 Å². The van der Waals surface area contributed by atoms with Gasteiger partial charge in [-0.1, -0.05) is 26.7 Å². The second-order valence-corrected chi connectivity index (χ2v) is 11.3. The molecule has 10 nitrogen and oxygen atoms in total. The first-order valence-corrected chi connectivity index (χ1v) is 13.9. The van der Waals surface area contributed by atoms with E-state index in [0.717, 1.165) is 55.5 Å². The number of imidazole rings is 1. The van der Waals surface area contributed by atoms with Crippen LogP contribution in [-0.2, 0) is 4.74 Å². The lowest BCUT2D eigenvalue weighted by Gasteiger charge is -2.32. The second kappa shape index (κ2) is 11.2. The molecule has 0 spiro atoms. The predicted octanol–water partition coefficient (Wildman–Crippen LogP) is 4.29. The van der Waals surface area contributed by atoms with Crippen molar-refractivity contribution >= 4 is 29.0 Å². The highest BCUT2D eigenvalue weighted by molar-refractivity contribution is 5.84. The molecule has 0 aromatic carbocycles. The van der Waals surface area contributed by atoms with E-state index in [4.69, 9.17) is 25.4 Å². The third kappa shape index (κ3) is 5.85. The Morgan fingerprint density at radius 1 is 1.03 bits per heavy atom. The Morgan fingerprint density at radius 3 is 2.42 bits per heavy atom. The van der Waals surface area contributed by atoms with Crippen LogP contribution in [0.2, 0.25) is 0 Å². The van der Waals surface area contributed by atoms with E-state index < -0.39 is 0 Å². The molecular formula is C26H42N8O2. The zero-order chi connectivity index (χ0) is 25.1. The lowest BCUT2D eigenvalue weighted by molar-refractivity contribution is 0.0845. The maximum absolute atomic E-state index is 12.4. The smallest absolute Gasteiger partial charge is 0.409 e. The molecule has 1 aliphatic heterocycles. The molecule has 0 unspecified atom stereocenters. The zero-order valence-corrected chi connectivity index (χ0v) is 21.8. The fourth-order valence-corrected chi connectivity index (χ4v) is 5.71. The Morgan fingerprint density at radius 2 is 1.72 bits per heavy atom. The summed E-state index contributed by atoms with van der Waals surface area (Å²) >= 11 is 0. The van der Waals surface area contributed by atoms with Crippen LogP contribution in [0.25, 0.3) is 11.2 Å². The minimum absolute atomic E-state index is 0.208. The summed E-state index contributed by atoms with van der Waals surface area (Å²) in [5.41, 5.74) is 7.85. The first kappa shape index (κ1) is 25.0. The largest absolute Gasteiger partial charge is 0.449 e. The molecule has 2 aromatic rings. The van der Waals surface area contributed by atoms with Crippen molar-refractivity contribution in [2.75, 3.05) is 30.3 Å². The number of amides is 1. The maximum Gasteiger partial charge on any atom is 0.409 e. The highest BCUT2D eigenvalue weighted by Crippen LogP contribution is 2.34. The highest BCUT2D eigenvalue weighted by Gasteiger charge is 2.27. The summed E-state index contributed by atoms with van der Waals surface area (Å²) in [5, 5.41) is 7.25. The first-order chi connectivity index (χ1) is 17.5. The molecule has 2 saturated carbocycles. The van der Waals surface area contributed by atoms with E-state index in [0.29, 0.717) is 49.7 Å². The van der Waals surface area contributed by atoms with E-state index in [-0.39, 0.29) is 12.1 Å². The van der Waals surface area contributed by atoms with Crippen molar-refractivity contribution in [3.63, 3.8) is 0 Å². The van der Waals surface area contributed by atoms with Gasteiger partial charge in [-0.05, 0) is 57.3 Å². The number of likely N-dealkylation sites (tertiary alicyclic amines) is 1. The number of ether oxygens (including phenoxy) is 1. The van der Waals surface area contributed by atoms with E-state index in [9.17, 15) is 4.79 Å². The number of nitrogens with zero attached hydrogens (tertiary/aromatic N) is 5. The SMILES string of the molecule is CC(C)COC(=O)N1CCC(Nc2nc(NC3CCC(N)CC3)nc3c2ncn3C2CCCC2)CC1. The van der Waals surface area contributed by atoms with Crippen molar-refractivity contribution in [1.82, 2.24) is 24.4 Å². The molecule has 2 aliphatic carbocycles. The topological polar surface area (TPSA) is 123 Å². The van der Waals surface area contributed by atoms with Gasteiger partial charge in [0.25, 0.3) is 0 Å². The minimum atomic E-state index is -0.208. The van der Waals surface area contributed by atoms with E-state index in [2.05, 4.69) is 15.2 Å². The van der Waals surface area contributed by atoms with Crippen LogP contribution in [0.4, 0.5) is 16.6 Å². The Labute approximate surface area is 213 Å². The van der Waals surface area contributed by atoms with Crippen molar-refractivity contribution in [2.45, 2.75) is 102 Å². The number of aromatic nitrogens is 4. The average Bonchev–Trinajstić information content (AvgIpc) is 3.54. The van der Waals surface area contributed by atoms with Crippen molar-refractivity contribution in [3.05, 3.63) is 6.33 Å². The van der Waals surface area contributed by atoms with Crippen LogP contribution in [0, 0.1) is 5.92 Å². The molecule has 3 fully saturated rings. The van der Waals surface area contributed by atoms with E-state index in [1.807, 2.05) is 25.1 Å². The van der Waals surface area contributed by atoms with Gasteiger partial charge in [-0.2, -0.15) is 9.97 Å². The summed E-state index contributed by atoms with van der Waals surface area (Å²) < 4.78 is 7.67. The molecule has 3 aliphatic rings. The molecule has 5 rings (SSSR count). The quantitative estimate of drug-likeness (QED) is 0.516. The first-order valence-electron chi connectivity index (χ1n) is 13.9. The van der Waals surface area contributed by atoms with Crippen molar-refractivity contribution in [3.8, 4) is 0 Å². The molecule has 0 radical (unpaired) electrons. The fourth-order valence-electron chi connectivity index (χ4n) is 5.71. The van der Waals surface area contributed by atoms with Crippen LogP contribution in [0.1, 0.15) is 84.1 Å². The predicted molar refractivity (Wildman–Crippen MR) is 141 cm³/mol. The fraction of sp³-hybridized carbons (Fsp3) is 0.769. The van der Waals surface area contributed by atoms with Crippen LogP contribution >= 0.6 is 0 Å². The van der Waals surface area contributed by atoms with Gasteiger partial charge < -0.3 is 30.6 Å². The Bertz CT molecular complexity index is 1020. The Balaban J connectivity index is 1.31. The molecule has 0 bridgehead atoms. The van der Waals surface area contributed by atoms with Gasteiger partial charge in [-0.15, -0.1) is 0 Å². The number of hydrogen-bond donors (Lipinski definition) is 3. The number of piperidine rings is 1. The number of rotatable bonds is 7. The van der Waals surface area contributed by atoms with Gasteiger partial charge in [0.15, 0.2) is 17.0 Å². The highest BCUT2D eigenvalue weighted by atomic mass is 16.6. The van der Waals surface area contributed by atoms with Crippen molar-refractivity contribution in [1.29, 1.82) is 0 Å². The van der Waals surface area contributed by atoms with Crippen molar-refractivity contribution in [2.24, 2.45) is 11.7 Å². The molecule has 2 aromatic heterocycles. The summed E-state index contributed by atoms with van der Waals surface area (Å²) in [6, 6.07) is 1.33. The number of carbonyl (C=O) groups is 1. The maximum atomic E-state index is 12.4. The van der Waals surface area contributed by atoms with E-state index >= 15 is 0 Å². The average molecular weight is 499 g/mol. The van der Waals surface area contributed by atoms with Gasteiger partial charge in [0.05, 0.1) is 12.9 Å². The van der Waals surface area contributed by atoms with E-state index in [1.165, 1.54) is 25.7 Å². The molecule has 198 valence electrons. The molecule has 0 atom stereocenters. The normalized spacial score (nSPS) is 23.9. The number of hydrogen-bond acceptors (Lipinski definition) is 8. The monoisotopic (exact) mass is 498 g/mol. The van der Waals surface area contributed by atoms with Gasteiger partial charge in [0, 0.05) is 37.3 Å². The molecule has 1 saturated heterocycles. The summed E-state index contributed by atoms with van der Waals surface area (Å²) in [7, 11) is 0. The van der Waals surface area contributed by atoms with Crippen LogP contribution in [0.15, 0.2) is 6.33 Å². The van der Waals surface area contributed by atoms with E-state index in [1.54, 1.807) is 0 Å². The van der Waals surface area contributed by atoms with Gasteiger partial charge in [-0.25, -0.2) is 9.78 Å². The van der Waals surface area contributed by atoms with Gasteiger partial charge in [0.2, 0.25) is 5.95 Å². The number of fused-ring (bicyclic) bond motifs is 1. The molecule has 36 heavy (non-hydrogen) atoms. The molecular weight excluding hydrogens is 456 g/mol. The van der Waals surface area contributed by atoms with Crippen LogP contribution in [0.5, 0.6) is 0 Å².